The number of allylic oxidation sites excluding steroid dienone is 2. The molecule has 2 aromatic carbocycles. The van der Waals surface area contributed by atoms with Crippen LogP contribution in [0.5, 0.6) is 0 Å². The SMILES string of the molecule is Cc1ccc(C(=O)NC(=CC=Cc2ccccc2)C(=O)NC(C)C)cc1. The molecule has 0 aliphatic carbocycles. The molecule has 0 atom stereocenters. The van der Waals surface area contributed by atoms with Gasteiger partial charge >= 0.3 is 0 Å². The molecule has 0 aliphatic heterocycles. The monoisotopic (exact) mass is 348 g/mol. The van der Waals surface area contributed by atoms with E-state index < -0.39 is 0 Å². The van der Waals surface area contributed by atoms with Crippen molar-refractivity contribution in [2.45, 2.75) is 26.8 Å². The van der Waals surface area contributed by atoms with Crippen LogP contribution >= 0.6 is 0 Å². The lowest BCUT2D eigenvalue weighted by atomic mass is 10.1. The van der Waals surface area contributed by atoms with Gasteiger partial charge in [0.25, 0.3) is 11.8 Å². The van der Waals surface area contributed by atoms with E-state index >= 15 is 0 Å². The van der Waals surface area contributed by atoms with Crippen molar-refractivity contribution in [3.8, 4) is 0 Å². The number of carbonyl (C=O) groups is 2. The molecule has 134 valence electrons. The number of hydrogen-bond acceptors (Lipinski definition) is 2. The summed E-state index contributed by atoms with van der Waals surface area (Å²) in [6.07, 6.45) is 5.23. The lowest BCUT2D eigenvalue weighted by molar-refractivity contribution is -0.118. The van der Waals surface area contributed by atoms with Crippen molar-refractivity contribution in [3.05, 3.63) is 89.1 Å². The summed E-state index contributed by atoms with van der Waals surface area (Å²) in [7, 11) is 0. The quantitative estimate of drug-likeness (QED) is 0.615. The Morgan fingerprint density at radius 1 is 0.962 bits per heavy atom. The van der Waals surface area contributed by atoms with Crippen LogP contribution in [0.15, 0.2) is 72.4 Å². The van der Waals surface area contributed by atoms with Gasteiger partial charge in [-0.15, -0.1) is 0 Å². The van der Waals surface area contributed by atoms with Crippen molar-refractivity contribution in [1.29, 1.82) is 0 Å². The van der Waals surface area contributed by atoms with E-state index in [0.717, 1.165) is 11.1 Å². The van der Waals surface area contributed by atoms with Gasteiger partial charge < -0.3 is 10.6 Å². The Morgan fingerprint density at radius 3 is 2.23 bits per heavy atom. The van der Waals surface area contributed by atoms with Crippen LogP contribution in [0.3, 0.4) is 0 Å². The maximum absolute atomic E-state index is 12.4. The van der Waals surface area contributed by atoms with Crippen LogP contribution in [0.4, 0.5) is 0 Å². The Bertz CT molecular complexity index is 804. The first-order valence-corrected chi connectivity index (χ1v) is 8.58. The predicted molar refractivity (Wildman–Crippen MR) is 105 cm³/mol. The van der Waals surface area contributed by atoms with Gasteiger partial charge in [-0.25, -0.2) is 0 Å². The smallest absolute Gasteiger partial charge is 0.267 e. The minimum absolute atomic E-state index is 0.0275. The third kappa shape index (κ3) is 6.06. The van der Waals surface area contributed by atoms with Gasteiger partial charge in [0.1, 0.15) is 5.70 Å². The first-order valence-electron chi connectivity index (χ1n) is 8.58. The minimum atomic E-state index is -0.321. The van der Waals surface area contributed by atoms with Gasteiger partial charge in [-0.3, -0.25) is 9.59 Å². The number of hydrogen-bond donors (Lipinski definition) is 2. The van der Waals surface area contributed by atoms with Gasteiger partial charge in [0.2, 0.25) is 0 Å². The Morgan fingerprint density at radius 2 is 1.62 bits per heavy atom. The Labute approximate surface area is 154 Å². The number of benzene rings is 2. The lowest BCUT2D eigenvalue weighted by Crippen LogP contribution is -2.38. The van der Waals surface area contributed by atoms with E-state index in [1.54, 1.807) is 24.3 Å². The van der Waals surface area contributed by atoms with Crippen LogP contribution in [0.25, 0.3) is 6.08 Å². The molecule has 0 fully saturated rings. The minimum Gasteiger partial charge on any atom is -0.349 e. The Balaban J connectivity index is 2.18. The lowest BCUT2D eigenvalue weighted by Gasteiger charge is -2.12. The summed E-state index contributed by atoms with van der Waals surface area (Å²) in [4.78, 5) is 24.8. The van der Waals surface area contributed by atoms with Crippen molar-refractivity contribution in [3.63, 3.8) is 0 Å². The standard InChI is InChI=1S/C22H24N2O2/c1-16(2)23-22(26)20(11-7-10-18-8-5-4-6-9-18)24-21(25)19-14-12-17(3)13-15-19/h4-16H,1-3H3,(H,23,26)(H,24,25). The van der Waals surface area contributed by atoms with E-state index in [-0.39, 0.29) is 23.6 Å². The highest BCUT2D eigenvalue weighted by atomic mass is 16.2. The Kier molecular flexibility index (Phi) is 6.92. The summed E-state index contributed by atoms with van der Waals surface area (Å²) in [6.45, 7) is 5.70. The molecule has 0 unspecified atom stereocenters. The van der Waals surface area contributed by atoms with Gasteiger partial charge in [-0.1, -0.05) is 60.2 Å². The summed E-state index contributed by atoms with van der Waals surface area (Å²) >= 11 is 0. The molecule has 0 spiro atoms. The van der Waals surface area contributed by atoms with Crippen LogP contribution in [0, 0.1) is 6.92 Å². The van der Waals surface area contributed by atoms with Gasteiger partial charge in [-0.05, 0) is 44.5 Å². The second kappa shape index (κ2) is 9.37. The average molecular weight is 348 g/mol. The first kappa shape index (κ1) is 19.2. The number of rotatable bonds is 6. The molecule has 4 heteroatoms. The Hall–Kier alpha value is -3.14. The molecular weight excluding hydrogens is 324 g/mol. The zero-order valence-electron chi connectivity index (χ0n) is 15.3. The molecule has 2 amide bonds. The largest absolute Gasteiger partial charge is 0.349 e. The van der Waals surface area contributed by atoms with E-state index in [0.29, 0.717) is 5.56 Å². The average Bonchev–Trinajstić information content (AvgIpc) is 2.61. The molecule has 2 N–H and O–H groups in total. The zero-order valence-corrected chi connectivity index (χ0v) is 15.3. The van der Waals surface area contributed by atoms with Crippen molar-refractivity contribution < 1.29 is 9.59 Å². The highest BCUT2D eigenvalue weighted by Gasteiger charge is 2.14. The summed E-state index contributed by atoms with van der Waals surface area (Å²) < 4.78 is 0. The molecule has 2 aromatic rings. The van der Waals surface area contributed by atoms with E-state index in [1.807, 2.05) is 69.3 Å². The first-order chi connectivity index (χ1) is 12.5. The molecule has 0 aliphatic rings. The van der Waals surface area contributed by atoms with Gasteiger partial charge in [0.15, 0.2) is 0 Å². The van der Waals surface area contributed by atoms with Crippen molar-refractivity contribution in [1.82, 2.24) is 10.6 Å². The molecule has 4 nitrogen and oxygen atoms in total. The second-order valence-corrected chi connectivity index (χ2v) is 6.30. The fraction of sp³-hybridized carbons (Fsp3) is 0.182. The second-order valence-electron chi connectivity index (χ2n) is 6.30. The fourth-order valence-electron chi connectivity index (χ4n) is 2.23. The van der Waals surface area contributed by atoms with Crippen LogP contribution in [-0.2, 0) is 4.79 Å². The fourth-order valence-corrected chi connectivity index (χ4v) is 2.23. The van der Waals surface area contributed by atoms with Crippen LogP contribution in [-0.4, -0.2) is 17.9 Å². The third-order valence-electron chi connectivity index (χ3n) is 3.58. The number of nitrogens with one attached hydrogen (secondary N) is 2. The molecule has 0 bridgehead atoms. The summed E-state index contributed by atoms with van der Waals surface area (Å²) in [6, 6.07) is 16.9. The highest BCUT2D eigenvalue weighted by molar-refractivity contribution is 6.03. The van der Waals surface area contributed by atoms with Crippen LogP contribution in [0.2, 0.25) is 0 Å². The van der Waals surface area contributed by atoms with E-state index in [9.17, 15) is 9.59 Å². The van der Waals surface area contributed by atoms with E-state index in [2.05, 4.69) is 10.6 Å². The van der Waals surface area contributed by atoms with Gasteiger partial charge in [0.05, 0.1) is 0 Å². The van der Waals surface area contributed by atoms with E-state index in [4.69, 9.17) is 0 Å². The molecular formula is C22H24N2O2. The number of amides is 2. The number of aryl methyl sites for hydroxylation is 1. The molecule has 0 radical (unpaired) electrons. The molecule has 26 heavy (non-hydrogen) atoms. The maximum atomic E-state index is 12.4. The topological polar surface area (TPSA) is 58.2 Å². The number of carbonyl (C=O) groups excluding carboxylic acids is 2. The summed E-state index contributed by atoms with van der Waals surface area (Å²) in [5.74, 6) is -0.638. The third-order valence-corrected chi connectivity index (χ3v) is 3.58. The van der Waals surface area contributed by atoms with Crippen molar-refractivity contribution >= 4 is 17.9 Å². The molecule has 0 saturated heterocycles. The van der Waals surface area contributed by atoms with Crippen molar-refractivity contribution in [2.24, 2.45) is 0 Å². The molecule has 2 rings (SSSR count). The van der Waals surface area contributed by atoms with Gasteiger partial charge in [-0.2, -0.15) is 0 Å². The highest BCUT2D eigenvalue weighted by Crippen LogP contribution is 2.06. The zero-order chi connectivity index (χ0) is 18.9. The summed E-state index contributed by atoms with van der Waals surface area (Å²) in [5.41, 5.74) is 2.79. The van der Waals surface area contributed by atoms with E-state index in [1.165, 1.54) is 0 Å². The molecule has 0 saturated carbocycles. The summed E-state index contributed by atoms with van der Waals surface area (Å²) in [5, 5.41) is 5.50. The predicted octanol–water partition coefficient (Wildman–Crippen LogP) is 3.85. The van der Waals surface area contributed by atoms with Gasteiger partial charge in [0, 0.05) is 11.6 Å². The van der Waals surface area contributed by atoms with Crippen LogP contribution in [0.1, 0.15) is 35.3 Å². The molecule has 0 aromatic heterocycles. The molecule has 0 heterocycles. The van der Waals surface area contributed by atoms with Crippen LogP contribution < -0.4 is 10.6 Å². The van der Waals surface area contributed by atoms with Crippen molar-refractivity contribution in [2.75, 3.05) is 0 Å². The normalized spacial score (nSPS) is 11.6. The maximum Gasteiger partial charge on any atom is 0.267 e.